The Balaban J connectivity index is 1.40. The van der Waals surface area contributed by atoms with E-state index in [0.717, 1.165) is 22.0 Å². The molecule has 0 bridgehead atoms. The molecule has 0 saturated carbocycles. The minimum atomic E-state index is -1.32. The number of Topliss-reactive ketones (excluding diaryl/α,β-unsaturated/α-hetero) is 1. The fraction of sp³-hybridized carbons (Fsp3) is 0.240. The highest BCUT2D eigenvalue weighted by atomic mass is 35.5. The lowest BCUT2D eigenvalue weighted by atomic mass is 9.91. The Morgan fingerprint density at radius 2 is 1.76 bits per heavy atom. The Labute approximate surface area is 201 Å². The third-order valence-electron chi connectivity index (χ3n) is 6.34. The van der Waals surface area contributed by atoms with Gasteiger partial charge in [-0.3, -0.25) is 14.5 Å². The van der Waals surface area contributed by atoms with E-state index in [2.05, 4.69) is 5.32 Å². The zero-order valence-electron chi connectivity index (χ0n) is 18.8. The summed E-state index contributed by atoms with van der Waals surface area (Å²) in [5.74, 6) is 0.250. The second-order valence-electron chi connectivity index (χ2n) is 8.53. The maximum Gasteiger partial charge on any atom is 0.325 e. The van der Waals surface area contributed by atoms with Gasteiger partial charge >= 0.3 is 6.03 Å². The van der Waals surface area contributed by atoms with Gasteiger partial charge in [-0.25, -0.2) is 4.79 Å². The van der Waals surface area contributed by atoms with Crippen molar-refractivity contribution in [2.24, 2.45) is 0 Å². The molecule has 1 N–H and O–H groups in total. The van der Waals surface area contributed by atoms with Crippen LogP contribution in [0.1, 0.15) is 34.2 Å². The monoisotopic (exact) mass is 479 g/mol. The highest BCUT2D eigenvalue weighted by molar-refractivity contribution is 6.30. The maximum absolute atomic E-state index is 13.3. The standard InChI is InChI=1S/C25H22ClN3O5/c1-14-10-19(15(2)29(14)18-7-5-17(26)6-8-18)20(30)12-28-23(31)25(3,27-24(28)32)16-4-9-21-22(11-16)34-13-33-21/h4-11H,12-13H2,1-3H3,(H,27,32). The quantitative estimate of drug-likeness (QED) is 0.439. The van der Waals surface area contributed by atoms with Gasteiger partial charge in [0.15, 0.2) is 17.3 Å². The van der Waals surface area contributed by atoms with Crippen LogP contribution in [0.4, 0.5) is 4.79 Å². The molecule has 3 heterocycles. The number of halogens is 1. The van der Waals surface area contributed by atoms with Crippen LogP contribution in [0.25, 0.3) is 5.69 Å². The van der Waals surface area contributed by atoms with Crippen molar-refractivity contribution >= 4 is 29.3 Å². The molecule has 3 amide bonds. The van der Waals surface area contributed by atoms with Gasteiger partial charge in [0.25, 0.3) is 5.91 Å². The Morgan fingerprint density at radius 1 is 1.06 bits per heavy atom. The normalized spacial score (nSPS) is 19.0. The number of fused-ring (bicyclic) bond motifs is 1. The number of urea groups is 1. The lowest BCUT2D eigenvalue weighted by Crippen LogP contribution is -2.41. The van der Waals surface area contributed by atoms with Crippen LogP contribution in [0.3, 0.4) is 0 Å². The highest BCUT2D eigenvalue weighted by Crippen LogP contribution is 2.38. The van der Waals surface area contributed by atoms with Gasteiger partial charge < -0.3 is 19.4 Å². The van der Waals surface area contributed by atoms with E-state index in [9.17, 15) is 14.4 Å². The van der Waals surface area contributed by atoms with Gasteiger partial charge in [-0.05, 0) is 68.8 Å². The predicted molar refractivity (Wildman–Crippen MR) is 125 cm³/mol. The largest absolute Gasteiger partial charge is 0.454 e. The smallest absolute Gasteiger partial charge is 0.325 e. The number of aryl methyl sites for hydroxylation is 1. The van der Waals surface area contributed by atoms with Crippen LogP contribution in [0.15, 0.2) is 48.5 Å². The first kappa shape index (κ1) is 22.0. The molecule has 5 rings (SSSR count). The van der Waals surface area contributed by atoms with Crippen molar-refractivity contribution in [3.05, 3.63) is 76.1 Å². The van der Waals surface area contributed by atoms with Gasteiger partial charge in [-0.1, -0.05) is 17.7 Å². The summed E-state index contributed by atoms with van der Waals surface area (Å²) in [5, 5.41) is 3.35. The van der Waals surface area contributed by atoms with Crippen LogP contribution < -0.4 is 14.8 Å². The van der Waals surface area contributed by atoms with Crippen LogP contribution in [-0.2, 0) is 10.3 Å². The molecule has 9 heteroatoms. The zero-order chi connectivity index (χ0) is 24.2. The number of aromatic nitrogens is 1. The van der Waals surface area contributed by atoms with E-state index < -0.39 is 17.5 Å². The molecule has 1 aromatic heterocycles. The number of hydrogen-bond donors (Lipinski definition) is 1. The van der Waals surface area contributed by atoms with E-state index in [0.29, 0.717) is 27.6 Å². The van der Waals surface area contributed by atoms with Crippen LogP contribution in [0.5, 0.6) is 11.5 Å². The summed E-state index contributed by atoms with van der Waals surface area (Å²) in [4.78, 5) is 40.2. The molecule has 2 aromatic carbocycles. The zero-order valence-corrected chi connectivity index (χ0v) is 19.6. The first-order valence-corrected chi connectivity index (χ1v) is 11.1. The first-order chi connectivity index (χ1) is 16.2. The minimum Gasteiger partial charge on any atom is -0.454 e. The Hall–Kier alpha value is -3.78. The molecule has 0 spiro atoms. The molecule has 1 atom stereocenters. The lowest BCUT2D eigenvalue weighted by Gasteiger charge is -2.22. The topological polar surface area (TPSA) is 89.9 Å². The average Bonchev–Trinajstić information content (AvgIpc) is 3.46. The van der Waals surface area contributed by atoms with Gasteiger partial charge in [0.2, 0.25) is 6.79 Å². The van der Waals surface area contributed by atoms with Crippen molar-refractivity contribution in [3.8, 4) is 17.2 Å². The predicted octanol–water partition coefficient (Wildman–Crippen LogP) is 4.13. The van der Waals surface area contributed by atoms with Crippen molar-refractivity contribution in [2.75, 3.05) is 13.3 Å². The number of carbonyl (C=O) groups excluding carboxylic acids is 3. The Kier molecular flexibility index (Phi) is 5.13. The number of nitrogens with zero attached hydrogens (tertiary/aromatic N) is 2. The van der Waals surface area contributed by atoms with E-state index in [1.165, 1.54) is 0 Å². The molecule has 0 radical (unpaired) electrons. The molecule has 1 saturated heterocycles. The van der Waals surface area contributed by atoms with E-state index in [1.54, 1.807) is 43.3 Å². The van der Waals surface area contributed by atoms with Gasteiger partial charge in [-0.15, -0.1) is 0 Å². The SMILES string of the molecule is Cc1cc(C(=O)CN2C(=O)NC(C)(c3ccc4c(c3)OCO4)C2=O)c(C)n1-c1ccc(Cl)cc1. The number of hydrogen-bond acceptors (Lipinski definition) is 5. The van der Waals surface area contributed by atoms with Crippen molar-refractivity contribution in [3.63, 3.8) is 0 Å². The molecule has 34 heavy (non-hydrogen) atoms. The number of benzene rings is 2. The molecule has 3 aromatic rings. The third kappa shape index (κ3) is 3.42. The fourth-order valence-electron chi connectivity index (χ4n) is 4.51. The van der Waals surface area contributed by atoms with E-state index in [1.807, 2.05) is 30.5 Å². The molecule has 1 fully saturated rings. The third-order valence-corrected chi connectivity index (χ3v) is 6.59. The molecular weight excluding hydrogens is 458 g/mol. The maximum atomic E-state index is 13.3. The number of amides is 3. The van der Waals surface area contributed by atoms with Gasteiger partial charge in [0.1, 0.15) is 5.54 Å². The number of ketones is 1. The molecule has 1 unspecified atom stereocenters. The second-order valence-corrected chi connectivity index (χ2v) is 8.97. The average molecular weight is 480 g/mol. The lowest BCUT2D eigenvalue weighted by molar-refractivity contribution is -0.130. The number of rotatable bonds is 5. The summed E-state index contributed by atoms with van der Waals surface area (Å²) < 4.78 is 12.7. The number of carbonyl (C=O) groups is 3. The van der Waals surface area contributed by atoms with E-state index in [4.69, 9.17) is 21.1 Å². The van der Waals surface area contributed by atoms with Crippen molar-refractivity contribution in [2.45, 2.75) is 26.3 Å². The highest BCUT2D eigenvalue weighted by Gasteiger charge is 2.50. The molecule has 2 aliphatic heterocycles. The van der Waals surface area contributed by atoms with Crippen LogP contribution >= 0.6 is 11.6 Å². The van der Waals surface area contributed by atoms with Crippen LogP contribution in [0.2, 0.25) is 5.02 Å². The van der Waals surface area contributed by atoms with Crippen LogP contribution in [-0.4, -0.2) is 40.5 Å². The first-order valence-electron chi connectivity index (χ1n) is 10.7. The number of nitrogens with one attached hydrogen (secondary N) is 1. The summed E-state index contributed by atoms with van der Waals surface area (Å²) in [6.07, 6.45) is 0. The van der Waals surface area contributed by atoms with E-state index in [-0.39, 0.29) is 19.1 Å². The van der Waals surface area contributed by atoms with E-state index >= 15 is 0 Å². The van der Waals surface area contributed by atoms with Gasteiger partial charge in [0.05, 0.1) is 6.54 Å². The number of ether oxygens (including phenoxy) is 2. The van der Waals surface area contributed by atoms with Crippen molar-refractivity contribution in [1.29, 1.82) is 0 Å². The van der Waals surface area contributed by atoms with Crippen LogP contribution in [0, 0.1) is 13.8 Å². The summed E-state index contributed by atoms with van der Waals surface area (Å²) in [6, 6.07) is 13.5. The summed E-state index contributed by atoms with van der Waals surface area (Å²) in [5.41, 5.74) is 2.11. The van der Waals surface area contributed by atoms with Gasteiger partial charge in [-0.2, -0.15) is 0 Å². The second kappa shape index (κ2) is 7.92. The van der Waals surface area contributed by atoms with Crippen molar-refractivity contribution in [1.82, 2.24) is 14.8 Å². The summed E-state index contributed by atoms with van der Waals surface area (Å²) in [7, 11) is 0. The van der Waals surface area contributed by atoms with Crippen molar-refractivity contribution < 1.29 is 23.9 Å². The molecule has 0 aliphatic carbocycles. The van der Waals surface area contributed by atoms with Gasteiger partial charge in [0, 0.05) is 27.7 Å². The summed E-state index contributed by atoms with van der Waals surface area (Å²) in [6.45, 7) is 5.07. The number of imide groups is 1. The minimum absolute atomic E-state index is 0.102. The Morgan fingerprint density at radius 3 is 2.50 bits per heavy atom. The Bertz CT molecular complexity index is 1350. The fourth-order valence-corrected chi connectivity index (χ4v) is 4.63. The molecular formula is C25H22ClN3O5. The molecule has 8 nitrogen and oxygen atoms in total. The summed E-state index contributed by atoms with van der Waals surface area (Å²) >= 11 is 6.00. The molecule has 2 aliphatic rings. The molecule has 174 valence electrons.